The van der Waals surface area contributed by atoms with Gasteiger partial charge in [0.25, 0.3) is 0 Å². The number of aromatic nitrogens is 3. The Labute approximate surface area is 150 Å². The molecule has 5 nitrogen and oxygen atoms in total. The van der Waals surface area contributed by atoms with Crippen molar-refractivity contribution >= 4 is 16.6 Å². The van der Waals surface area contributed by atoms with Gasteiger partial charge in [-0.1, -0.05) is 0 Å². The lowest BCUT2D eigenvalue weighted by atomic mass is 9.92. The van der Waals surface area contributed by atoms with Crippen LogP contribution in [-0.4, -0.2) is 34.4 Å². The maximum absolute atomic E-state index is 13.6. The minimum Gasteiger partial charge on any atom is -0.382 e. The first kappa shape index (κ1) is 17.7. The van der Waals surface area contributed by atoms with Crippen molar-refractivity contribution in [3.8, 4) is 0 Å². The molecule has 0 aliphatic carbocycles. The lowest BCUT2D eigenvalue weighted by Gasteiger charge is -2.43. The molecule has 4 rings (SSSR count). The molecule has 2 N–H and O–H groups in total. The number of rotatable bonds is 4. The second-order valence-electron chi connectivity index (χ2n) is 6.50. The van der Waals surface area contributed by atoms with Crippen LogP contribution in [0.2, 0.25) is 0 Å². The van der Waals surface area contributed by atoms with E-state index in [1.807, 2.05) is 0 Å². The molecule has 10 heteroatoms. The number of pyridine rings is 1. The summed E-state index contributed by atoms with van der Waals surface area (Å²) in [6, 6.07) is 4.24. The molecule has 3 heterocycles. The van der Waals surface area contributed by atoms with Crippen molar-refractivity contribution in [2.45, 2.75) is 11.7 Å². The summed E-state index contributed by atoms with van der Waals surface area (Å²) < 4.78 is 67.9. The zero-order chi connectivity index (χ0) is 19.2. The van der Waals surface area contributed by atoms with Crippen LogP contribution in [0.5, 0.6) is 0 Å². The third-order valence-corrected chi connectivity index (χ3v) is 4.61. The first-order valence-corrected chi connectivity index (χ1v) is 8.10. The maximum atomic E-state index is 13.6. The fourth-order valence-electron chi connectivity index (χ4n) is 3.09. The Balaban J connectivity index is 1.71. The minimum absolute atomic E-state index is 0.0274. The predicted octanol–water partition coefficient (Wildman–Crippen LogP) is 3.14. The fourth-order valence-corrected chi connectivity index (χ4v) is 3.09. The number of nitrogens with one attached hydrogen (secondary N) is 2. The molecule has 0 radical (unpaired) electrons. The summed E-state index contributed by atoms with van der Waals surface area (Å²) in [7, 11) is 0. The van der Waals surface area contributed by atoms with E-state index in [1.54, 1.807) is 0 Å². The van der Waals surface area contributed by atoms with Crippen molar-refractivity contribution < 1.29 is 22.0 Å². The molecule has 1 aromatic carbocycles. The van der Waals surface area contributed by atoms with Gasteiger partial charge in [0, 0.05) is 30.7 Å². The Kier molecular flexibility index (Phi) is 4.02. The summed E-state index contributed by atoms with van der Waals surface area (Å²) in [5.74, 6) is -1.08. The monoisotopic (exact) mass is 383 g/mol. The first-order valence-electron chi connectivity index (χ1n) is 8.10. The number of hydrogen-bond acceptors (Lipinski definition) is 4. The Bertz CT molecular complexity index is 993. The summed E-state index contributed by atoms with van der Waals surface area (Å²) >= 11 is 0. The van der Waals surface area contributed by atoms with Crippen molar-refractivity contribution in [1.29, 1.82) is 0 Å². The summed E-state index contributed by atoms with van der Waals surface area (Å²) in [4.78, 5) is 3.58. The fraction of sp³-hybridized carbons (Fsp3) is 0.294. The van der Waals surface area contributed by atoms with Gasteiger partial charge in [0.1, 0.15) is 17.1 Å². The molecular formula is C17H14F5N5. The normalized spacial score (nSPS) is 16.3. The first-order chi connectivity index (χ1) is 12.8. The van der Waals surface area contributed by atoms with E-state index in [2.05, 4.69) is 20.7 Å². The van der Waals surface area contributed by atoms with Crippen molar-refractivity contribution in [3.05, 3.63) is 54.0 Å². The Morgan fingerprint density at radius 1 is 1.15 bits per heavy atom. The second-order valence-corrected chi connectivity index (χ2v) is 6.50. The highest BCUT2D eigenvalue weighted by atomic mass is 19.4. The van der Waals surface area contributed by atoms with Gasteiger partial charge in [-0.2, -0.15) is 18.3 Å². The molecule has 1 saturated heterocycles. The molecule has 1 aliphatic rings. The second kappa shape index (κ2) is 6.15. The summed E-state index contributed by atoms with van der Waals surface area (Å²) in [6.07, 6.45) is -2.34. The topological polar surface area (TPSA) is 54.8 Å². The van der Waals surface area contributed by atoms with E-state index in [0.717, 1.165) is 24.4 Å². The van der Waals surface area contributed by atoms with Crippen LogP contribution in [0.15, 0.2) is 36.7 Å². The molecule has 0 spiro atoms. The molecule has 3 aromatic rings. The van der Waals surface area contributed by atoms with Gasteiger partial charge < -0.3 is 10.6 Å². The molecule has 0 bridgehead atoms. The van der Waals surface area contributed by atoms with E-state index in [0.29, 0.717) is 13.1 Å². The van der Waals surface area contributed by atoms with Gasteiger partial charge in [-0.05, 0) is 24.3 Å². The van der Waals surface area contributed by atoms with Gasteiger partial charge in [-0.15, -0.1) is 0 Å². The molecule has 0 unspecified atom stereocenters. The van der Waals surface area contributed by atoms with E-state index in [1.165, 1.54) is 16.9 Å². The highest BCUT2D eigenvalue weighted by molar-refractivity contribution is 5.91. The molecule has 0 atom stereocenters. The van der Waals surface area contributed by atoms with Gasteiger partial charge in [0.15, 0.2) is 5.82 Å². The number of alkyl halides is 3. The van der Waals surface area contributed by atoms with Crippen LogP contribution in [0.1, 0.15) is 5.69 Å². The van der Waals surface area contributed by atoms with Crippen molar-refractivity contribution in [1.82, 2.24) is 20.1 Å². The van der Waals surface area contributed by atoms with Crippen LogP contribution in [0.4, 0.5) is 27.6 Å². The third-order valence-electron chi connectivity index (χ3n) is 4.61. The highest BCUT2D eigenvalue weighted by Crippen LogP contribution is 2.34. The Morgan fingerprint density at radius 3 is 2.52 bits per heavy atom. The molecule has 1 fully saturated rings. The van der Waals surface area contributed by atoms with E-state index >= 15 is 0 Å². The van der Waals surface area contributed by atoms with Gasteiger partial charge in [0.2, 0.25) is 0 Å². The lowest BCUT2D eigenvalue weighted by Crippen LogP contribution is -2.64. The smallest absolute Gasteiger partial charge is 0.382 e. The van der Waals surface area contributed by atoms with Crippen LogP contribution in [0, 0.1) is 11.6 Å². The number of hydrogen-bond donors (Lipinski definition) is 2. The molecule has 0 amide bonds. The number of nitrogens with zero attached hydrogens (tertiary/aromatic N) is 3. The predicted molar refractivity (Wildman–Crippen MR) is 88.2 cm³/mol. The summed E-state index contributed by atoms with van der Waals surface area (Å²) in [5.41, 5.74) is -1.58. The number of benzene rings is 1. The largest absolute Gasteiger partial charge is 0.433 e. The Hall–Kier alpha value is -2.75. The highest BCUT2D eigenvalue weighted by Gasteiger charge is 2.40. The van der Waals surface area contributed by atoms with E-state index in [4.69, 9.17) is 0 Å². The summed E-state index contributed by atoms with van der Waals surface area (Å²) in [6.45, 7) is 1.10. The van der Waals surface area contributed by atoms with E-state index in [-0.39, 0.29) is 23.1 Å². The zero-order valence-corrected chi connectivity index (χ0v) is 13.8. The van der Waals surface area contributed by atoms with Crippen LogP contribution < -0.4 is 10.6 Å². The van der Waals surface area contributed by atoms with Crippen LogP contribution in [-0.2, 0) is 11.7 Å². The standard InChI is InChI=1S/C17H14F5N5/c18-10-1-2-13-12(3-10)14(4-15(26-13)17(20,21)22)24-9-16(7-23-8-16)27-6-11(19)5-25-27/h1-6,23H,7-9H2,(H,24,26). The molecule has 0 saturated carbocycles. The lowest BCUT2D eigenvalue weighted by molar-refractivity contribution is -0.140. The molecular weight excluding hydrogens is 369 g/mol. The van der Waals surface area contributed by atoms with E-state index in [9.17, 15) is 22.0 Å². The quantitative estimate of drug-likeness (QED) is 0.680. The average Bonchev–Trinajstić information content (AvgIpc) is 2.99. The maximum Gasteiger partial charge on any atom is 0.433 e. The average molecular weight is 383 g/mol. The van der Waals surface area contributed by atoms with Gasteiger partial charge in [-0.3, -0.25) is 4.68 Å². The van der Waals surface area contributed by atoms with E-state index < -0.39 is 29.0 Å². The molecule has 27 heavy (non-hydrogen) atoms. The van der Waals surface area contributed by atoms with Crippen LogP contribution in [0.25, 0.3) is 10.9 Å². The molecule has 2 aromatic heterocycles. The van der Waals surface area contributed by atoms with Crippen molar-refractivity contribution in [2.75, 3.05) is 25.0 Å². The number of fused-ring (bicyclic) bond motifs is 1. The van der Waals surface area contributed by atoms with Gasteiger partial charge in [0.05, 0.1) is 17.9 Å². The van der Waals surface area contributed by atoms with Crippen molar-refractivity contribution in [3.63, 3.8) is 0 Å². The number of anilines is 1. The van der Waals surface area contributed by atoms with Crippen LogP contribution >= 0.6 is 0 Å². The van der Waals surface area contributed by atoms with Crippen molar-refractivity contribution in [2.24, 2.45) is 0 Å². The number of halogens is 5. The SMILES string of the molecule is Fc1ccc2nc(C(F)(F)F)cc(NCC3(n4cc(F)cn4)CNC3)c2c1. The zero-order valence-electron chi connectivity index (χ0n) is 13.8. The summed E-state index contributed by atoms with van der Waals surface area (Å²) in [5, 5.41) is 10.2. The van der Waals surface area contributed by atoms with Crippen LogP contribution in [0.3, 0.4) is 0 Å². The van der Waals surface area contributed by atoms with Gasteiger partial charge >= 0.3 is 6.18 Å². The molecule has 142 valence electrons. The minimum atomic E-state index is -4.64. The Morgan fingerprint density at radius 2 is 1.93 bits per heavy atom. The van der Waals surface area contributed by atoms with Gasteiger partial charge in [-0.25, -0.2) is 13.8 Å². The molecule has 1 aliphatic heterocycles. The third kappa shape index (κ3) is 3.20.